The molecule has 0 radical (unpaired) electrons. The number of halogens is 1. The third-order valence-electron chi connectivity index (χ3n) is 2.71. The van der Waals surface area contributed by atoms with Crippen molar-refractivity contribution in [3.63, 3.8) is 0 Å². The smallest absolute Gasteiger partial charge is 0.124 e. The van der Waals surface area contributed by atoms with Crippen LogP contribution < -0.4 is 0 Å². The summed E-state index contributed by atoms with van der Waals surface area (Å²) in [6.45, 7) is 2.09. The molecule has 1 aromatic heterocycles. The SMILES string of the molecule is Cc1cccc2sc(-c3ccc(Cl)cc3)nc12. The van der Waals surface area contributed by atoms with Crippen LogP contribution in [-0.4, -0.2) is 4.98 Å². The highest BCUT2D eigenvalue weighted by molar-refractivity contribution is 7.21. The molecule has 0 aliphatic heterocycles. The fourth-order valence-electron chi connectivity index (χ4n) is 1.80. The Morgan fingerprint density at radius 3 is 2.53 bits per heavy atom. The number of rotatable bonds is 1. The minimum absolute atomic E-state index is 0.756. The molecule has 84 valence electrons. The minimum atomic E-state index is 0.756. The van der Waals surface area contributed by atoms with Gasteiger partial charge in [0.2, 0.25) is 0 Å². The first-order valence-electron chi connectivity index (χ1n) is 5.36. The van der Waals surface area contributed by atoms with Crippen LogP contribution in [0.1, 0.15) is 5.56 Å². The van der Waals surface area contributed by atoms with Gasteiger partial charge in [-0.05, 0) is 30.7 Å². The normalized spacial score (nSPS) is 10.9. The Bertz CT molecular complexity index is 670. The van der Waals surface area contributed by atoms with Crippen LogP contribution in [0.25, 0.3) is 20.8 Å². The van der Waals surface area contributed by atoms with Crippen molar-refractivity contribution in [2.45, 2.75) is 6.92 Å². The monoisotopic (exact) mass is 259 g/mol. The topological polar surface area (TPSA) is 12.9 Å². The third kappa shape index (κ3) is 1.94. The maximum Gasteiger partial charge on any atom is 0.124 e. The van der Waals surface area contributed by atoms with Crippen LogP contribution >= 0.6 is 22.9 Å². The summed E-state index contributed by atoms with van der Waals surface area (Å²) >= 11 is 7.60. The van der Waals surface area contributed by atoms with Crippen LogP contribution in [0.3, 0.4) is 0 Å². The summed E-state index contributed by atoms with van der Waals surface area (Å²) < 4.78 is 1.23. The first kappa shape index (κ1) is 10.8. The van der Waals surface area contributed by atoms with Gasteiger partial charge < -0.3 is 0 Å². The maximum absolute atomic E-state index is 5.89. The highest BCUT2D eigenvalue weighted by Crippen LogP contribution is 2.31. The molecule has 0 fully saturated rings. The molecule has 0 aliphatic carbocycles. The highest BCUT2D eigenvalue weighted by atomic mass is 35.5. The molecular weight excluding hydrogens is 250 g/mol. The summed E-state index contributed by atoms with van der Waals surface area (Å²) in [5.74, 6) is 0. The lowest BCUT2D eigenvalue weighted by atomic mass is 10.2. The molecule has 0 bridgehead atoms. The van der Waals surface area contributed by atoms with Crippen LogP contribution in [0.15, 0.2) is 42.5 Å². The fraction of sp³-hybridized carbons (Fsp3) is 0.0714. The van der Waals surface area contributed by atoms with Crippen molar-refractivity contribution in [3.8, 4) is 10.6 Å². The predicted octanol–water partition coefficient (Wildman–Crippen LogP) is 4.93. The van der Waals surface area contributed by atoms with E-state index in [4.69, 9.17) is 11.6 Å². The van der Waals surface area contributed by atoms with Crippen molar-refractivity contribution in [1.29, 1.82) is 0 Å². The Morgan fingerprint density at radius 1 is 1.06 bits per heavy atom. The zero-order valence-electron chi connectivity index (χ0n) is 9.27. The summed E-state index contributed by atoms with van der Waals surface area (Å²) in [5.41, 5.74) is 3.44. The van der Waals surface area contributed by atoms with Gasteiger partial charge in [0.25, 0.3) is 0 Å². The fourth-order valence-corrected chi connectivity index (χ4v) is 2.98. The lowest BCUT2D eigenvalue weighted by Gasteiger charge is -1.95. The van der Waals surface area contributed by atoms with Crippen molar-refractivity contribution in [3.05, 3.63) is 53.1 Å². The molecular formula is C14H10ClNS. The van der Waals surface area contributed by atoms with Crippen LogP contribution in [0.4, 0.5) is 0 Å². The molecule has 1 heterocycles. The van der Waals surface area contributed by atoms with Crippen molar-refractivity contribution < 1.29 is 0 Å². The van der Waals surface area contributed by atoms with Gasteiger partial charge >= 0.3 is 0 Å². The zero-order chi connectivity index (χ0) is 11.8. The van der Waals surface area contributed by atoms with E-state index >= 15 is 0 Å². The number of aromatic nitrogens is 1. The van der Waals surface area contributed by atoms with E-state index in [0.29, 0.717) is 0 Å². The van der Waals surface area contributed by atoms with Crippen molar-refractivity contribution >= 4 is 33.2 Å². The molecule has 0 spiro atoms. The largest absolute Gasteiger partial charge is 0.236 e. The van der Waals surface area contributed by atoms with E-state index < -0.39 is 0 Å². The summed E-state index contributed by atoms with van der Waals surface area (Å²) in [6, 6.07) is 14.1. The summed E-state index contributed by atoms with van der Waals surface area (Å²) in [4.78, 5) is 4.69. The number of nitrogens with zero attached hydrogens (tertiary/aromatic N) is 1. The molecule has 1 nitrogen and oxygen atoms in total. The minimum Gasteiger partial charge on any atom is -0.236 e. The van der Waals surface area contributed by atoms with Crippen molar-refractivity contribution in [2.75, 3.05) is 0 Å². The average molecular weight is 260 g/mol. The Kier molecular flexibility index (Phi) is 2.61. The average Bonchev–Trinajstić information content (AvgIpc) is 2.75. The van der Waals surface area contributed by atoms with Crippen LogP contribution in [0.5, 0.6) is 0 Å². The Balaban J connectivity index is 2.18. The molecule has 3 rings (SSSR count). The van der Waals surface area contributed by atoms with E-state index in [0.717, 1.165) is 21.1 Å². The second-order valence-corrected chi connectivity index (χ2v) is 5.41. The van der Waals surface area contributed by atoms with Gasteiger partial charge in [-0.25, -0.2) is 4.98 Å². The van der Waals surface area contributed by atoms with Gasteiger partial charge in [-0.3, -0.25) is 0 Å². The van der Waals surface area contributed by atoms with Crippen molar-refractivity contribution in [2.24, 2.45) is 0 Å². The maximum atomic E-state index is 5.89. The van der Waals surface area contributed by atoms with Gasteiger partial charge in [0.15, 0.2) is 0 Å². The molecule has 0 saturated heterocycles. The number of benzene rings is 2. The van der Waals surface area contributed by atoms with Gasteiger partial charge in [0.1, 0.15) is 5.01 Å². The molecule has 0 atom stereocenters. The van der Waals surface area contributed by atoms with Gasteiger partial charge in [-0.15, -0.1) is 11.3 Å². The zero-order valence-corrected chi connectivity index (χ0v) is 10.8. The van der Waals surface area contributed by atoms with Gasteiger partial charge in [-0.1, -0.05) is 35.9 Å². The Morgan fingerprint density at radius 2 is 1.82 bits per heavy atom. The Hall–Kier alpha value is -1.38. The molecule has 0 unspecified atom stereocenters. The third-order valence-corrected chi connectivity index (χ3v) is 4.03. The molecule has 2 aromatic carbocycles. The molecule has 3 aromatic rings. The van der Waals surface area contributed by atoms with Crippen LogP contribution in [0, 0.1) is 6.92 Å². The van der Waals surface area contributed by atoms with E-state index in [2.05, 4.69) is 30.1 Å². The number of thiazole rings is 1. The van der Waals surface area contributed by atoms with Crippen LogP contribution in [0.2, 0.25) is 5.02 Å². The first-order valence-corrected chi connectivity index (χ1v) is 6.55. The second kappa shape index (κ2) is 4.13. The molecule has 3 heteroatoms. The number of aryl methyl sites for hydroxylation is 1. The standard InChI is InChI=1S/C14H10ClNS/c1-9-3-2-4-12-13(9)16-14(17-12)10-5-7-11(15)8-6-10/h2-8H,1H3. The summed E-state index contributed by atoms with van der Waals surface area (Å²) in [5, 5.41) is 1.80. The first-order chi connectivity index (χ1) is 8.24. The summed E-state index contributed by atoms with van der Waals surface area (Å²) in [7, 11) is 0. The van der Waals surface area contributed by atoms with Gasteiger partial charge in [0, 0.05) is 10.6 Å². The number of para-hydroxylation sites is 1. The number of hydrogen-bond acceptors (Lipinski definition) is 2. The molecule has 0 amide bonds. The van der Waals surface area contributed by atoms with Crippen molar-refractivity contribution in [1.82, 2.24) is 4.98 Å². The molecule has 0 saturated carbocycles. The van der Waals surface area contributed by atoms with Crippen LogP contribution in [-0.2, 0) is 0 Å². The van der Waals surface area contributed by atoms with E-state index in [-0.39, 0.29) is 0 Å². The van der Waals surface area contributed by atoms with E-state index in [1.807, 2.05) is 24.3 Å². The van der Waals surface area contributed by atoms with Gasteiger partial charge in [-0.2, -0.15) is 0 Å². The van der Waals surface area contributed by atoms with E-state index in [1.165, 1.54) is 10.3 Å². The molecule has 0 N–H and O–H groups in total. The lowest BCUT2D eigenvalue weighted by Crippen LogP contribution is -1.77. The Labute approximate surface area is 109 Å². The van der Waals surface area contributed by atoms with E-state index in [9.17, 15) is 0 Å². The second-order valence-electron chi connectivity index (χ2n) is 3.95. The predicted molar refractivity (Wildman–Crippen MR) is 74.8 cm³/mol. The van der Waals surface area contributed by atoms with E-state index in [1.54, 1.807) is 11.3 Å². The molecule has 0 aliphatic rings. The number of fused-ring (bicyclic) bond motifs is 1. The number of hydrogen-bond donors (Lipinski definition) is 0. The quantitative estimate of drug-likeness (QED) is 0.604. The highest BCUT2D eigenvalue weighted by Gasteiger charge is 2.07. The molecule has 17 heavy (non-hydrogen) atoms. The van der Waals surface area contributed by atoms with Gasteiger partial charge in [0.05, 0.1) is 10.2 Å². The lowest BCUT2D eigenvalue weighted by molar-refractivity contribution is 1.42. The summed E-state index contributed by atoms with van der Waals surface area (Å²) in [6.07, 6.45) is 0.